The molecule has 3 aromatic heterocycles. The number of anilines is 1. The van der Waals surface area contributed by atoms with Gasteiger partial charge in [-0.2, -0.15) is 0 Å². The van der Waals surface area contributed by atoms with Gasteiger partial charge in [-0.3, -0.25) is 0 Å². The van der Waals surface area contributed by atoms with E-state index >= 15 is 0 Å². The van der Waals surface area contributed by atoms with Crippen molar-refractivity contribution in [2.45, 2.75) is 9.37 Å². The molecule has 3 rings (SSSR count). The Labute approximate surface area is 98.6 Å². The number of hydrogen-bond donors (Lipinski definition) is 1. The van der Waals surface area contributed by atoms with E-state index in [9.17, 15) is 0 Å². The summed E-state index contributed by atoms with van der Waals surface area (Å²) in [7, 11) is 0. The predicted molar refractivity (Wildman–Crippen MR) is 61.4 cm³/mol. The highest BCUT2D eigenvalue weighted by atomic mass is 32.2. The Balaban J connectivity index is 2.11. The second-order valence-electron chi connectivity index (χ2n) is 2.94. The van der Waals surface area contributed by atoms with Gasteiger partial charge in [0.05, 0.1) is 6.20 Å². The molecule has 3 aromatic rings. The van der Waals surface area contributed by atoms with E-state index in [1.165, 1.54) is 23.1 Å². The van der Waals surface area contributed by atoms with E-state index in [1.54, 1.807) is 17.9 Å². The summed E-state index contributed by atoms with van der Waals surface area (Å²) in [4.78, 5) is 8.47. The van der Waals surface area contributed by atoms with Crippen LogP contribution in [0.15, 0.2) is 33.5 Å². The fourth-order valence-electron chi connectivity index (χ4n) is 1.28. The topological polar surface area (TPSA) is 82.0 Å². The van der Waals surface area contributed by atoms with Crippen molar-refractivity contribution >= 4 is 34.6 Å². The van der Waals surface area contributed by atoms with Gasteiger partial charge in [0.2, 0.25) is 0 Å². The number of imidazole rings is 1. The Kier molecular flexibility index (Phi) is 2.22. The van der Waals surface area contributed by atoms with Crippen molar-refractivity contribution in [3.05, 3.63) is 24.1 Å². The van der Waals surface area contributed by atoms with E-state index < -0.39 is 0 Å². The molecule has 3 heterocycles. The first-order chi connectivity index (χ1) is 7.83. The lowest BCUT2D eigenvalue weighted by Crippen LogP contribution is -1.97. The molecule has 0 aromatic carbocycles. The molecule has 0 atom stereocenters. The van der Waals surface area contributed by atoms with Gasteiger partial charge in [0.1, 0.15) is 16.4 Å². The first-order valence-electron chi connectivity index (χ1n) is 4.36. The van der Waals surface area contributed by atoms with Gasteiger partial charge in [0, 0.05) is 12.4 Å². The zero-order chi connectivity index (χ0) is 11.0. The van der Waals surface area contributed by atoms with Crippen LogP contribution in [-0.4, -0.2) is 24.6 Å². The van der Waals surface area contributed by atoms with Crippen LogP contribution in [0.2, 0.25) is 0 Å². The highest BCUT2D eigenvalue weighted by Crippen LogP contribution is 2.29. The molecule has 0 unspecified atom stereocenters. The summed E-state index contributed by atoms with van der Waals surface area (Å²) in [6.07, 6.45) is 5.27. The van der Waals surface area contributed by atoms with Crippen LogP contribution in [0.5, 0.6) is 0 Å². The SMILES string of the molecule is Nc1cn2ccnc2c(Sc2nncs2)n1. The average molecular weight is 250 g/mol. The second kappa shape index (κ2) is 3.72. The molecule has 0 aliphatic heterocycles. The maximum Gasteiger partial charge on any atom is 0.180 e. The standard InChI is InChI=1S/C8H6N6S2/c9-5-3-14-2-1-10-6(14)7(12-5)16-8-13-11-4-15-8/h1-4H,9H2. The summed E-state index contributed by atoms with van der Waals surface area (Å²) in [5, 5.41) is 8.45. The van der Waals surface area contributed by atoms with Gasteiger partial charge in [-0.05, 0) is 11.8 Å². The third kappa shape index (κ3) is 1.61. The molecule has 0 amide bonds. The van der Waals surface area contributed by atoms with Crippen molar-refractivity contribution in [3.63, 3.8) is 0 Å². The normalized spacial score (nSPS) is 11.0. The summed E-state index contributed by atoms with van der Waals surface area (Å²) >= 11 is 2.87. The average Bonchev–Trinajstić information content (AvgIpc) is 2.87. The minimum absolute atomic E-state index is 0.456. The van der Waals surface area contributed by atoms with Gasteiger partial charge in [-0.25, -0.2) is 9.97 Å². The van der Waals surface area contributed by atoms with Crippen molar-refractivity contribution in [3.8, 4) is 0 Å². The van der Waals surface area contributed by atoms with Crippen molar-refractivity contribution in [2.24, 2.45) is 0 Å². The minimum atomic E-state index is 0.456. The molecule has 0 aliphatic carbocycles. The predicted octanol–water partition coefficient (Wildman–Crippen LogP) is 1.31. The van der Waals surface area contributed by atoms with Crippen LogP contribution in [0, 0.1) is 0 Å². The van der Waals surface area contributed by atoms with Gasteiger partial charge < -0.3 is 10.1 Å². The summed E-state index contributed by atoms with van der Waals surface area (Å²) < 4.78 is 2.66. The third-order valence-corrected chi connectivity index (χ3v) is 3.63. The number of rotatable bonds is 2. The van der Waals surface area contributed by atoms with Crippen LogP contribution in [0.25, 0.3) is 5.65 Å². The quantitative estimate of drug-likeness (QED) is 0.738. The highest BCUT2D eigenvalue weighted by Gasteiger charge is 2.09. The maximum absolute atomic E-state index is 5.71. The van der Waals surface area contributed by atoms with Gasteiger partial charge in [-0.1, -0.05) is 11.3 Å². The van der Waals surface area contributed by atoms with E-state index in [4.69, 9.17) is 5.73 Å². The van der Waals surface area contributed by atoms with E-state index in [-0.39, 0.29) is 0 Å². The minimum Gasteiger partial charge on any atom is -0.382 e. The number of nitrogen functional groups attached to an aromatic ring is 1. The molecular formula is C8H6N6S2. The molecule has 80 valence electrons. The molecule has 0 radical (unpaired) electrons. The number of aromatic nitrogens is 5. The van der Waals surface area contributed by atoms with Gasteiger partial charge >= 0.3 is 0 Å². The van der Waals surface area contributed by atoms with Crippen LogP contribution >= 0.6 is 23.1 Å². The van der Waals surface area contributed by atoms with Crippen molar-refractivity contribution in [1.82, 2.24) is 24.6 Å². The van der Waals surface area contributed by atoms with Gasteiger partial charge in [-0.15, -0.1) is 10.2 Å². The largest absolute Gasteiger partial charge is 0.382 e. The molecule has 0 fully saturated rings. The lowest BCUT2D eigenvalue weighted by atomic mass is 10.6. The Hall–Kier alpha value is -1.67. The Bertz CT molecular complexity index is 617. The first kappa shape index (κ1) is 9.55. The smallest absolute Gasteiger partial charge is 0.180 e. The summed E-state index contributed by atoms with van der Waals surface area (Å²) in [5.41, 5.74) is 8.16. The van der Waals surface area contributed by atoms with E-state index in [1.807, 2.05) is 10.6 Å². The van der Waals surface area contributed by atoms with Crippen LogP contribution < -0.4 is 5.73 Å². The fourth-order valence-corrected chi connectivity index (χ4v) is 2.77. The molecule has 0 bridgehead atoms. The van der Waals surface area contributed by atoms with Crippen LogP contribution in [0.4, 0.5) is 5.82 Å². The molecular weight excluding hydrogens is 244 g/mol. The number of fused-ring (bicyclic) bond motifs is 1. The van der Waals surface area contributed by atoms with Gasteiger partial charge in [0.25, 0.3) is 0 Å². The molecule has 6 nitrogen and oxygen atoms in total. The van der Waals surface area contributed by atoms with Crippen molar-refractivity contribution in [1.29, 1.82) is 0 Å². The Morgan fingerprint density at radius 1 is 1.44 bits per heavy atom. The number of nitrogens with two attached hydrogens (primary N) is 1. The Morgan fingerprint density at radius 3 is 3.19 bits per heavy atom. The van der Waals surface area contributed by atoms with Crippen LogP contribution in [0.3, 0.4) is 0 Å². The Morgan fingerprint density at radius 2 is 2.38 bits per heavy atom. The van der Waals surface area contributed by atoms with E-state index in [2.05, 4.69) is 20.2 Å². The maximum atomic E-state index is 5.71. The fraction of sp³-hybridized carbons (Fsp3) is 0. The van der Waals surface area contributed by atoms with Crippen LogP contribution in [0.1, 0.15) is 0 Å². The summed E-state index contributed by atoms with van der Waals surface area (Å²) in [6, 6.07) is 0. The third-order valence-electron chi connectivity index (χ3n) is 1.89. The van der Waals surface area contributed by atoms with Crippen molar-refractivity contribution < 1.29 is 0 Å². The molecule has 0 aliphatic rings. The lowest BCUT2D eigenvalue weighted by molar-refractivity contribution is 1.000. The van der Waals surface area contributed by atoms with Gasteiger partial charge in [0.15, 0.2) is 9.99 Å². The molecule has 0 saturated carbocycles. The van der Waals surface area contributed by atoms with E-state index in [0.29, 0.717) is 5.82 Å². The molecule has 0 saturated heterocycles. The number of hydrogen-bond acceptors (Lipinski definition) is 7. The summed E-state index contributed by atoms with van der Waals surface area (Å²) in [5.74, 6) is 0.456. The van der Waals surface area contributed by atoms with Crippen molar-refractivity contribution in [2.75, 3.05) is 5.73 Å². The van der Waals surface area contributed by atoms with E-state index in [0.717, 1.165) is 15.0 Å². The number of nitrogens with zero attached hydrogens (tertiary/aromatic N) is 5. The highest BCUT2D eigenvalue weighted by molar-refractivity contribution is 8.01. The molecule has 2 N–H and O–H groups in total. The first-order valence-corrected chi connectivity index (χ1v) is 6.06. The lowest BCUT2D eigenvalue weighted by Gasteiger charge is -2.01. The molecule has 0 spiro atoms. The molecule has 8 heteroatoms. The molecule has 16 heavy (non-hydrogen) atoms. The monoisotopic (exact) mass is 250 g/mol. The zero-order valence-corrected chi connectivity index (χ0v) is 9.57. The zero-order valence-electron chi connectivity index (χ0n) is 7.94. The second-order valence-corrected chi connectivity index (χ2v) is 5.00. The van der Waals surface area contributed by atoms with Crippen LogP contribution in [-0.2, 0) is 0 Å². The summed E-state index contributed by atoms with van der Waals surface area (Å²) in [6.45, 7) is 0.